The molecule has 0 unspecified atom stereocenters. The number of thioether (sulfide) groups is 1. The summed E-state index contributed by atoms with van der Waals surface area (Å²) < 4.78 is 0. The molecule has 0 aliphatic heterocycles. The summed E-state index contributed by atoms with van der Waals surface area (Å²) in [5.41, 5.74) is 8.20. The van der Waals surface area contributed by atoms with Crippen LogP contribution in [-0.4, -0.2) is 22.1 Å². The lowest BCUT2D eigenvalue weighted by Gasteiger charge is -2.05. The molecule has 30 heavy (non-hydrogen) atoms. The highest BCUT2D eigenvalue weighted by atomic mass is 32.2. The standard InChI is InChI=1S/C24H24N4OS/c1-17(13-20-7-5-4-6-8-20)15-25-28-23(29)22-11-9-21(10-12-22)16-30-24-26-18(2)14-19(3)27-24/h4-15H,16H2,1-3H3,(H,28,29)/b17-13+,25-15+. The van der Waals surface area contributed by atoms with E-state index in [1.165, 1.54) is 0 Å². The predicted molar refractivity (Wildman–Crippen MR) is 124 cm³/mol. The molecule has 0 aliphatic rings. The normalized spacial score (nSPS) is 11.6. The molecule has 0 saturated carbocycles. The van der Waals surface area contributed by atoms with Gasteiger partial charge in [-0.3, -0.25) is 4.79 Å². The Morgan fingerprint density at radius 3 is 2.37 bits per heavy atom. The Labute approximate surface area is 181 Å². The molecular weight excluding hydrogens is 392 g/mol. The summed E-state index contributed by atoms with van der Waals surface area (Å²) in [5.74, 6) is 0.502. The van der Waals surface area contributed by atoms with Gasteiger partial charge in [0.2, 0.25) is 0 Å². The maximum atomic E-state index is 12.3. The van der Waals surface area contributed by atoms with Crippen molar-refractivity contribution in [3.05, 3.63) is 94.3 Å². The van der Waals surface area contributed by atoms with Gasteiger partial charge in [0, 0.05) is 22.7 Å². The molecule has 0 radical (unpaired) electrons. The topological polar surface area (TPSA) is 67.2 Å². The van der Waals surface area contributed by atoms with Gasteiger partial charge in [-0.2, -0.15) is 5.10 Å². The van der Waals surface area contributed by atoms with Gasteiger partial charge in [-0.25, -0.2) is 15.4 Å². The van der Waals surface area contributed by atoms with E-state index in [1.807, 2.05) is 75.4 Å². The van der Waals surface area contributed by atoms with Gasteiger partial charge < -0.3 is 0 Å². The molecule has 1 heterocycles. The van der Waals surface area contributed by atoms with E-state index in [2.05, 4.69) is 20.5 Å². The number of nitrogens with one attached hydrogen (secondary N) is 1. The predicted octanol–water partition coefficient (Wildman–Crippen LogP) is 5.20. The van der Waals surface area contributed by atoms with Crippen molar-refractivity contribution in [2.45, 2.75) is 31.7 Å². The number of aromatic nitrogens is 2. The van der Waals surface area contributed by atoms with Crippen molar-refractivity contribution in [3.8, 4) is 0 Å². The van der Waals surface area contributed by atoms with Crippen LogP contribution in [-0.2, 0) is 5.75 Å². The molecule has 0 aliphatic carbocycles. The number of carbonyl (C=O) groups is 1. The SMILES string of the molecule is CC(/C=N/NC(=O)c1ccc(CSc2nc(C)cc(C)n2)cc1)=C\c1ccccc1. The first kappa shape index (κ1) is 21.5. The minimum Gasteiger partial charge on any atom is -0.267 e. The van der Waals surface area contributed by atoms with E-state index >= 15 is 0 Å². The average Bonchev–Trinajstić information content (AvgIpc) is 2.72. The molecule has 5 nitrogen and oxygen atoms in total. The molecule has 1 aromatic heterocycles. The highest BCUT2D eigenvalue weighted by Crippen LogP contribution is 2.20. The molecule has 0 bridgehead atoms. The lowest BCUT2D eigenvalue weighted by atomic mass is 10.1. The maximum Gasteiger partial charge on any atom is 0.271 e. The number of aryl methyl sites for hydroxylation is 2. The second-order valence-corrected chi connectivity index (χ2v) is 7.86. The van der Waals surface area contributed by atoms with Crippen LogP contribution < -0.4 is 5.43 Å². The van der Waals surface area contributed by atoms with Gasteiger partial charge in [0.1, 0.15) is 0 Å². The molecule has 152 valence electrons. The molecule has 3 rings (SSSR count). The first-order chi connectivity index (χ1) is 14.5. The van der Waals surface area contributed by atoms with Crippen molar-refractivity contribution >= 4 is 30.0 Å². The largest absolute Gasteiger partial charge is 0.271 e. The number of allylic oxidation sites excluding steroid dienone is 1. The van der Waals surface area contributed by atoms with E-state index < -0.39 is 0 Å². The van der Waals surface area contributed by atoms with E-state index in [0.29, 0.717) is 5.56 Å². The fraction of sp³-hybridized carbons (Fsp3) is 0.167. The Hall–Kier alpha value is -3.25. The van der Waals surface area contributed by atoms with Crippen molar-refractivity contribution < 1.29 is 4.79 Å². The Bertz CT molecular complexity index is 1040. The van der Waals surface area contributed by atoms with E-state index in [9.17, 15) is 4.79 Å². The monoisotopic (exact) mass is 416 g/mol. The molecular formula is C24H24N4OS. The Kier molecular flexibility index (Phi) is 7.51. The lowest BCUT2D eigenvalue weighted by Crippen LogP contribution is -2.17. The Balaban J connectivity index is 1.52. The molecule has 2 aromatic carbocycles. The van der Waals surface area contributed by atoms with Crippen LogP contribution in [0.4, 0.5) is 0 Å². The minimum absolute atomic E-state index is 0.240. The average molecular weight is 417 g/mol. The zero-order chi connectivity index (χ0) is 21.3. The van der Waals surface area contributed by atoms with E-state index in [4.69, 9.17) is 0 Å². The highest BCUT2D eigenvalue weighted by Gasteiger charge is 2.05. The van der Waals surface area contributed by atoms with Crippen LogP contribution in [0.25, 0.3) is 6.08 Å². The summed E-state index contributed by atoms with van der Waals surface area (Å²) in [6.45, 7) is 5.87. The third-order valence-electron chi connectivity index (χ3n) is 4.17. The van der Waals surface area contributed by atoms with Gasteiger partial charge in [0.05, 0.1) is 6.21 Å². The molecule has 0 spiro atoms. The Morgan fingerprint density at radius 1 is 1.03 bits per heavy atom. The van der Waals surface area contributed by atoms with Crippen molar-refractivity contribution in [1.29, 1.82) is 0 Å². The third-order valence-corrected chi connectivity index (χ3v) is 5.09. The number of hydrogen-bond acceptors (Lipinski definition) is 5. The highest BCUT2D eigenvalue weighted by molar-refractivity contribution is 7.98. The number of hydrogen-bond donors (Lipinski definition) is 1. The van der Waals surface area contributed by atoms with Crippen molar-refractivity contribution in [1.82, 2.24) is 15.4 Å². The molecule has 0 atom stereocenters. The van der Waals surface area contributed by atoms with E-state index in [1.54, 1.807) is 30.1 Å². The number of nitrogens with zero attached hydrogens (tertiary/aromatic N) is 3. The summed E-state index contributed by atoms with van der Waals surface area (Å²) in [6, 6.07) is 19.4. The fourth-order valence-electron chi connectivity index (χ4n) is 2.77. The maximum absolute atomic E-state index is 12.3. The van der Waals surface area contributed by atoms with Gasteiger partial charge >= 0.3 is 0 Å². The van der Waals surface area contributed by atoms with Crippen molar-refractivity contribution in [3.63, 3.8) is 0 Å². The summed E-state index contributed by atoms with van der Waals surface area (Å²) >= 11 is 1.58. The van der Waals surface area contributed by atoms with Crippen LogP contribution in [0, 0.1) is 13.8 Å². The van der Waals surface area contributed by atoms with E-state index in [-0.39, 0.29) is 5.91 Å². The molecule has 0 saturated heterocycles. The van der Waals surface area contributed by atoms with Gasteiger partial charge in [-0.1, -0.05) is 60.3 Å². The van der Waals surface area contributed by atoms with Crippen LogP contribution in [0.3, 0.4) is 0 Å². The van der Waals surface area contributed by atoms with Gasteiger partial charge in [-0.15, -0.1) is 0 Å². The third kappa shape index (κ3) is 6.67. The summed E-state index contributed by atoms with van der Waals surface area (Å²) in [5, 5.41) is 4.81. The number of benzene rings is 2. The summed E-state index contributed by atoms with van der Waals surface area (Å²) in [6.07, 6.45) is 3.64. The van der Waals surface area contributed by atoms with Crippen molar-refractivity contribution in [2.24, 2.45) is 5.10 Å². The van der Waals surface area contributed by atoms with Crippen molar-refractivity contribution in [2.75, 3.05) is 0 Å². The minimum atomic E-state index is -0.240. The zero-order valence-electron chi connectivity index (χ0n) is 17.3. The van der Waals surface area contributed by atoms with Crippen LogP contribution in [0.2, 0.25) is 0 Å². The summed E-state index contributed by atoms with van der Waals surface area (Å²) in [4.78, 5) is 21.2. The first-order valence-electron chi connectivity index (χ1n) is 9.60. The second kappa shape index (κ2) is 10.5. The fourth-order valence-corrected chi connectivity index (χ4v) is 3.67. The van der Waals surface area contributed by atoms with Crippen LogP contribution in [0.15, 0.2) is 76.5 Å². The van der Waals surface area contributed by atoms with Gasteiger partial charge in [0.25, 0.3) is 5.91 Å². The van der Waals surface area contributed by atoms with Crippen LogP contribution in [0.5, 0.6) is 0 Å². The lowest BCUT2D eigenvalue weighted by molar-refractivity contribution is 0.0955. The molecule has 1 N–H and O–H groups in total. The molecule has 3 aromatic rings. The van der Waals surface area contributed by atoms with Gasteiger partial charge in [-0.05, 0) is 55.7 Å². The smallest absolute Gasteiger partial charge is 0.267 e. The number of amides is 1. The first-order valence-corrected chi connectivity index (χ1v) is 10.6. The Morgan fingerprint density at radius 2 is 1.70 bits per heavy atom. The van der Waals surface area contributed by atoms with E-state index in [0.717, 1.165) is 39.0 Å². The van der Waals surface area contributed by atoms with Crippen LogP contribution in [0.1, 0.15) is 39.8 Å². The number of hydrazone groups is 1. The van der Waals surface area contributed by atoms with Gasteiger partial charge in [0.15, 0.2) is 5.16 Å². The second-order valence-electron chi connectivity index (χ2n) is 6.92. The molecule has 1 amide bonds. The molecule has 0 fully saturated rings. The van der Waals surface area contributed by atoms with Crippen LogP contribution >= 0.6 is 11.8 Å². The zero-order valence-corrected chi connectivity index (χ0v) is 18.1. The number of rotatable bonds is 7. The molecule has 6 heteroatoms. The summed E-state index contributed by atoms with van der Waals surface area (Å²) in [7, 11) is 0. The quantitative estimate of drug-likeness (QED) is 0.249. The number of carbonyl (C=O) groups excluding carboxylic acids is 1.